The molecule has 0 saturated carbocycles. The third kappa shape index (κ3) is 2.91. The zero-order valence-corrected chi connectivity index (χ0v) is 14.9. The van der Waals surface area contributed by atoms with Crippen molar-refractivity contribution in [2.24, 2.45) is 7.05 Å². The fourth-order valence-electron chi connectivity index (χ4n) is 3.00. The largest absolute Gasteiger partial charge is 0.463 e. The third-order valence-corrected chi connectivity index (χ3v) is 4.66. The number of carbonyl (C=O) groups is 1. The molecular weight excluding hydrogens is 326 g/mol. The fourth-order valence-corrected chi connectivity index (χ4v) is 3.21. The molecule has 0 aliphatic rings. The normalized spacial score (nSPS) is 12.5. The lowest BCUT2D eigenvalue weighted by Crippen LogP contribution is -2.34. The second-order valence-electron chi connectivity index (χ2n) is 6.11. The van der Waals surface area contributed by atoms with E-state index in [1.807, 2.05) is 32.5 Å². The summed E-state index contributed by atoms with van der Waals surface area (Å²) in [6.45, 7) is 6.02. The van der Waals surface area contributed by atoms with Gasteiger partial charge in [-0.3, -0.25) is 9.48 Å². The lowest BCUT2D eigenvalue weighted by Gasteiger charge is -2.15. The number of benzene rings is 1. The number of furan rings is 1. The van der Waals surface area contributed by atoms with Crippen LogP contribution < -0.4 is 5.32 Å². The Hall–Kier alpha value is -2.27. The van der Waals surface area contributed by atoms with Crippen LogP contribution in [0.4, 0.5) is 0 Å². The van der Waals surface area contributed by atoms with Crippen molar-refractivity contribution in [3.63, 3.8) is 0 Å². The monoisotopic (exact) mass is 345 g/mol. The smallest absolute Gasteiger partial charge is 0.252 e. The zero-order valence-electron chi connectivity index (χ0n) is 14.2. The van der Waals surface area contributed by atoms with Crippen molar-refractivity contribution in [3.05, 3.63) is 52.0 Å². The van der Waals surface area contributed by atoms with Gasteiger partial charge in [-0.2, -0.15) is 5.10 Å². The third-order valence-electron chi connectivity index (χ3n) is 4.36. The van der Waals surface area contributed by atoms with Crippen molar-refractivity contribution in [1.29, 1.82) is 0 Å². The predicted molar refractivity (Wildman–Crippen MR) is 94.5 cm³/mol. The highest BCUT2D eigenvalue weighted by Crippen LogP contribution is 2.27. The lowest BCUT2D eigenvalue weighted by molar-refractivity contribution is 0.0941. The SMILES string of the molecule is Cc1nn(C)c(C)c1CC(C)NC(=O)c1ccc(Cl)c2occc12. The molecular formula is C18H20ClN3O2. The van der Waals surface area contributed by atoms with Crippen LogP contribution in [0.5, 0.6) is 0 Å². The minimum atomic E-state index is -0.134. The van der Waals surface area contributed by atoms with Crippen LogP contribution in [0, 0.1) is 13.8 Å². The minimum absolute atomic E-state index is 0.0169. The van der Waals surface area contributed by atoms with Gasteiger partial charge in [0.25, 0.3) is 5.91 Å². The lowest BCUT2D eigenvalue weighted by atomic mass is 10.0. The van der Waals surface area contributed by atoms with Gasteiger partial charge in [-0.15, -0.1) is 0 Å². The molecule has 1 aromatic carbocycles. The molecule has 6 heteroatoms. The number of hydrogen-bond acceptors (Lipinski definition) is 3. The molecule has 3 rings (SSSR count). The summed E-state index contributed by atoms with van der Waals surface area (Å²) in [5.74, 6) is -0.134. The second kappa shape index (κ2) is 6.32. The average Bonchev–Trinajstić information content (AvgIpc) is 3.09. The number of halogens is 1. The first kappa shape index (κ1) is 16.6. The van der Waals surface area contributed by atoms with E-state index in [0.717, 1.165) is 23.2 Å². The molecule has 1 N–H and O–H groups in total. The molecule has 3 aromatic rings. The summed E-state index contributed by atoms with van der Waals surface area (Å²) in [6.07, 6.45) is 2.28. The molecule has 126 valence electrons. The molecule has 0 aliphatic heterocycles. The van der Waals surface area contributed by atoms with Gasteiger partial charge >= 0.3 is 0 Å². The van der Waals surface area contributed by atoms with E-state index in [-0.39, 0.29) is 11.9 Å². The van der Waals surface area contributed by atoms with Gasteiger partial charge in [0.05, 0.1) is 22.5 Å². The number of aryl methyl sites for hydroxylation is 2. The van der Waals surface area contributed by atoms with E-state index >= 15 is 0 Å². The van der Waals surface area contributed by atoms with Crippen LogP contribution in [-0.4, -0.2) is 21.7 Å². The van der Waals surface area contributed by atoms with Gasteiger partial charge < -0.3 is 9.73 Å². The summed E-state index contributed by atoms with van der Waals surface area (Å²) >= 11 is 6.09. The molecule has 24 heavy (non-hydrogen) atoms. The Bertz CT molecular complexity index is 911. The van der Waals surface area contributed by atoms with Crippen LogP contribution >= 0.6 is 11.6 Å². The van der Waals surface area contributed by atoms with E-state index in [9.17, 15) is 4.79 Å². The number of hydrogen-bond donors (Lipinski definition) is 1. The molecule has 0 aliphatic carbocycles. The molecule has 5 nitrogen and oxygen atoms in total. The fraction of sp³-hybridized carbons (Fsp3) is 0.333. The van der Waals surface area contributed by atoms with Crippen LogP contribution in [0.15, 0.2) is 28.9 Å². The van der Waals surface area contributed by atoms with Gasteiger partial charge in [0.15, 0.2) is 5.58 Å². The average molecular weight is 346 g/mol. The van der Waals surface area contributed by atoms with Gasteiger partial charge in [0, 0.05) is 24.2 Å². The van der Waals surface area contributed by atoms with Crippen molar-refractivity contribution in [2.75, 3.05) is 0 Å². The minimum Gasteiger partial charge on any atom is -0.463 e. The molecule has 0 saturated heterocycles. The van der Waals surface area contributed by atoms with Gasteiger partial charge in [-0.25, -0.2) is 0 Å². The molecule has 2 heterocycles. The van der Waals surface area contributed by atoms with Gasteiger partial charge in [0.1, 0.15) is 0 Å². The van der Waals surface area contributed by atoms with E-state index in [2.05, 4.69) is 10.4 Å². The van der Waals surface area contributed by atoms with Crippen molar-refractivity contribution in [2.45, 2.75) is 33.2 Å². The maximum Gasteiger partial charge on any atom is 0.252 e. The summed E-state index contributed by atoms with van der Waals surface area (Å²) in [5, 5.41) is 8.69. The van der Waals surface area contributed by atoms with Crippen molar-refractivity contribution in [1.82, 2.24) is 15.1 Å². The predicted octanol–water partition coefficient (Wildman–Crippen LogP) is 3.80. The summed E-state index contributed by atoms with van der Waals surface area (Å²) in [4.78, 5) is 12.6. The highest BCUT2D eigenvalue weighted by molar-refractivity contribution is 6.35. The first-order valence-corrected chi connectivity index (χ1v) is 8.22. The molecule has 0 fully saturated rings. The Morgan fingerprint density at radius 1 is 1.38 bits per heavy atom. The molecule has 0 bridgehead atoms. The Morgan fingerprint density at radius 3 is 2.79 bits per heavy atom. The molecule has 1 atom stereocenters. The van der Waals surface area contributed by atoms with Crippen molar-refractivity contribution < 1.29 is 9.21 Å². The first-order valence-electron chi connectivity index (χ1n) is 7.84. The quantitative estimate of drug-likeness (QED) is 0.782. The zero-order chi connectivity index (χ0) is 17.4. The van der Waals surface area contributed by atoms with E-state index in [4.69, 9.17) is 16.0 Å². The van der Waals surface area contributed by atoms with Crippen molar-refractivity contribution >= 4 is 28.5 Å². The Morgan fingerprint density at radius 2 is 2.12 bits per heavy atom. The number of rotatable bonds is 4. The number of aromatic nitrogens is 2. The number of fused-ring (bicyclic) bond motifs is 1. The maximum atomic E-state index is 12.6. The summed E-state index contributed by atoms with van der Waals surface area (Å²) in [5.41, 5.74) is 4.40. The van der Waals surface area contributed by atoms with E-state index in [1.165, 1.54) is 5.56 Å². The van der Waals surface area contributed by atoms with Gasteiger partial charge in [-0.1, -0.05) is 11.6 Å². The second-order valence-corrected chi connectivity index (χ2v) is 6.52. The maximum absolute atomic E-state index is 12.6. The summed E-state index contributed by atoms with van der Waals surface area (Å²) in [6, 6.07) is 5.15. The van der Waals surface area contributed by atoms with Gasteiger partial charge in [0.2, 0.25) is 0 Å². The molecule has 0 radical (unpaired) electrons. The van der Waals surface area contributed by atoms with E-state index < -0.39 is 0 Å². The highest BCUT2D eigenvalue weighted by Gasteiger charge is 2.18. The van der Waals surface area contributed by atoms with Crippen LogP contribution in [0.1, 0.15) is 34.2 Å². The number of nitrogens with one attached hydrogen (secondary N) is 1. The standard InChI is InChI=1S/C18H20ClN3O2/c1-10(9-15-11(2)21-22(4)12(15)3)20-18(23)14-5-6-16(19)17-13(14)7-8-24-17/h5-8,10H,9H2,1-4H3,(H,20,23). The van der Waals surface area contributed by atoms with Crippen molar-refractivity contribution in [3.8, 4) is 0 Å². The van der Waals surface area contributed by atoms with E-state index in [0.29, 0.717) is 16.2 Å². The summed E-state index contributed by atoms with van der Waals surface area (Å²) in [7, 11) is 1.93. The van der Waals surface area contributed by atoms with Crippen LogP contribution in [0.3, 0.4) is 0 Å². The molecule has 0 spiro atoms. The topological polar surface area (TPSA) is 60.1 Å². The molecule has 1 unspecified atom stereocenters. The van der Waals surface area contributed by atoms with Crippen LogP contribution in [0.25, 0.3) is 11.0 Å². The number of nitrogens with zero attached hydrogens (tertiary/aromatic N) is 2. The first-order chi connectivity index (χ1) is 11.4. The number of amides is 1. The Balaban J connectivity index is 1.79. The molecule has 1 amide bonds. The Labute approximate surface area is 145 Å². The van der Waals surface area contributed by atoms with Crippen LogP contribution in [0.2, 0.25) is 5.02 Å². The number of carbonyl (C=O) groups excluding carboxylic acids is 1. The summed E-state index contributed by atoms with van der Waals surface area (Å²) < 4.78 is 7.22. The van der Waals surface area contributed by atoms with Crippen LogP contribution in [-0.2, 0) is 13.5 Å². The van der Waals surface area contributed by atoms with E-state index in [1.54, 1.807) is 24.5 Å². The van der Waals surface area contributed by atoms with Gasteiger partial charge in [-0.05, 0) is 51.0 Å². The Kier molecular flexibility index (Phi) is 4.37. The highest BCUT2D eigenvalue weighted by atomic mass is 35.5. The molecule has 2 aromatic heterocycles.